The molecule has 0 fully saturated rings. The van der Waals surface area contributed by atoms with Gasteiger partial charge in [0, 0.05) is 13.1 Å². The Bertz CT molecular complexity index is 120. The summed E-state index contributed by atoms with van der Waals surface area (Å²) in [6.07, 6.45) is 2.18. The summed E-state index contributed by atoms with van der Waals surface area (Å²) >= 11 is 0. The van der Waals surface area contributed by atoms with Crippen molar-refractivity contribution in [3.8, 4) is 0 Å². The van der Waals surface area contributed by atoms with E-state index in [0.29, 0.717) is 13.1 Å². The average Bonchev–Trinajstić information content (AvgIpc) is 2.26. The molecule has 0 aromatic heterocycles. The van der Waals surface area contributed by atoms with Gasteiger partial charge in [-0.3, -0.25) is 0 Å². The molecule has 0 radical (unpaired) electrons. The average molecular weight is 218 g/mol. The normalized spacial score (nSPS) is 15.2. The van der Waals surface area contributed by atoms with E-state index in [9.17, 15) is 10.2 Å². The summed E-state index contributed by atoms with van der Waals surface area (Å²) in [5.74, 6) is 0. The van der Waals surface area contributed by atoms with Gasteiger partial charge in [-0.05, 0) is 32.4 Å². The van der Waals surface area contributed by atoms with Crippen molar-refractivity contribution in [1.29, 1.82) is 0 Å². The molecule has 0 saturated carbocycles. The summed E-state index contributed by atoms with van der Waals surface area (Å²) in [6.45, 7) is 7.11. The molecule has 2 unspecified atom stereocenters. The summed E-state index contributed by atoms with van der Waals surface area (Å²) in [6, 6.07) is 0. The predicted octanol–water partition coefficient (Wildman–Crippen LogP) is 0.0975. The van der Waals surface area contributed by atoms with Gasteiger partial charge in [0.25, 0.3) is 0 Å². The highest BCUT2D eigenvalue weighted by Gasteiger charge is 1.99. The minimum absolute atomic E-state index is 0.222. The molecule has 15 heavy (non-hydrogen) atoms. The van der Waals surface area contributed by atoms with Gasteiger partial charge in [0.1, 0.15) is 0 Å². The summed E-state index contributed by atoms with van der Waals surface area (Å²) in [7, 11) is 0. The topological polar surface area (TPSA) is 64.5 Å². The summed E-state index contributed by atoms with van der Waals surface area (Å²) in [5.41, 5.74) is 0. The standard InChI is InChI=1S/C11H26N2O2/c1-3-10(14)8-12-6-5-7-13-9-11(15)4-2/h10-15H,3-9H2,1-2H3. The third-order valence-electron chi connectivity index (χ3n) is 2.41. The van der Waals surface area contributed by atoms with Gasteiger partial charge < -0.3 is 20.8 Å². The number of aliphatic hydroxyl groups excluding tert-OH is 2. The fourth-order valence-corrected chi connectivity index (χ4v) is 1.16. The van der Waals surface area contributed by atoms with Crippen LogP contribution >= 0.6 is 0 Å². The first-order valence-electron chi connectivity index (χ1n) is 5.98. The van der Waals surface area contributed by atoms with Crippen molar-refractivity contribution < 1.29 is 10.2 Å². The van der Waals surface area contributed by atoms with Crippen LogP contribution in [-0.2, 0) is 0 Å². The minimum Gasteiger partial charge on any atom is -0.392 e. The van der Waals surface area contributed by atoms with E-state index in [4.69, 9.17) is 0 Å². The highest BCUT2D eigenvalue weighted by molar-refractivity contribution is 4.59. The SMILES string of the molecule is CCC(O)CNCCCNCC(O)CC. The maximum Gasteiger partial charge on any atom is 0.0662 e. The Morgan fingerprint density at radius 1 is 0.867 bits per heavy atom. The smallest absolute Gasteiger partial charge is 0.0662 e. The molecule has 92 valence electrons. The molecular formula is C11H26N2O2. The van der Waals surface area contributed by atoms with Crippen LogP contribution in [0.4, 0.5) is 0 Å². The fourth-order valence-electron chi connectivity index (χ4n) is 1.16. The van der Waals surface area contributed by atoms with Crippen LogP contribution in [0.2, 0.25) is 0 Å². The van der Waals surface area contributed by atoms with Crippen molar-refractivity contribution in [2.45, 2.75) is 45.3 Å². The van der Waals surface area contributed by atoms with Crippen molar-refractivity contribution in [2.24, 2.45) is 0 Å². The van der Waals surface area contributed by atoms with Gasteiger partial charge in [-0.1, -0.05) is 13.8 Å². The largest absolute Gasteiger partial charge is 0.392 e. The van der Waals surface area contributed by atoms with Gasteiger partial charge in [0.05, 0.1) is 12.2 Å². The number of hydrogen-bond acceptors (Lipinski definition) is 4. The molecule has 2 atom stereocenters. The quantitative estimate of drug-likeness (QED) is 0.393. The number of aliphatic hydroxyl groups is 2. The van der Waals surface area contributed by atoms with Crippen LogP contribution in [0.25, 0.3) is 0 Å². The second-order valence-corrected chi connectivity index (χ2v) is 3.89. The van der Waals surface area contributed by atoms with Gasteiger partial charge in [-0.15, -0.1) is 0 Å². The maximum absolute atomic E-state index is 9.25. The van der Waals surface area contributed by atoms with E-state index in [1.54, 1.807) is 0 Å². The number of hydrogen-bond donors (Lipinski definition) is 4. The molecular weight excluding hydrogens is 192 g/mol. The van der Waals surface area contributed by atoms with Crippen LogP contribution in [-0.4, -0.2) is 48.6 Å². The Hall–Kier alpha value is -0.160. The van der Waals surface area contributed by atoms with Gasteiger partial charge in [0.2, 0.25) is 0 Å². The Morgan fingerprint density at radius 3 is 1.60 bits per heavy atom. The first-order chi connectivity index (χ1) is 7.20. The number of rotatable bonds is 10. The third-order valence-corrected chi connectivity index (χ3v) is 2.41. The maximum atomic E-state index is 9.25. The minimum atomic E-state index is -0.222. The monoisotopic (exact) mass is 218 g/mol. The first-order valence-corrected chi connectivity index (χ1v) is 5.98. The van der Waals surface area contributed by atoms with E-state index in [2.05, 4.69) is 10.6 Å². The highest BCUT2D eigenvalue weighted by Crippen LogP contribution is 1.87. The van der Waals surface area contributed by atoms with E-state index < -0.39 is 0 Å². The van der Waals surface area contributed by atoms with Crippen molar-refractivity contribution in [3.05, 3.63) is 0 Å². The molecule has 0 rings (SSSR count). The Labute approximate surface area is 93.1 Å². The van der Waals surface area contributed by atoms with Crippen LogP contribution in [0.3, 0.4) is 0 Å². The Kier molecular flexibility index (Phi) is 10.3. The number of nitrogens with one attached hydrogen (secondary N) is 2. The molecule has 0 saturated heterocycles. The van der Waals surface area contributed by atoms with Crippen LogP contribution in [0, 0.1) is 0 Å². The lowest BCUT2D eigenvalue weighted by atomic mass is 10.2. The van der Waals surface area contributed by atoms with Crippen molar-refractivity contribution in [1.82, 2.24) is 10.6 Å². The molecule has 0 aliphatic carbocycles. The van der Waals surface area contributed by atoms with E-state index in [-0.39, 0.29) is 12.2 Å². The van der Waals surface area contributed by atoms with Crippen LogP contribution in [0.15, 0.2) is 0 Å². The highest BCUT2D eigenvalue weighted by atomic mass is 16.3. The molecule has 0 aliphatic heterocycles. The zero-order chi connectivity index (χ0) is 11.5. The van der Waals surface area contributed by atoms with Crippen LogP contribution in [0.5, 0.6) is 0 Å². The summed E-state index contributed by atoms with van der Waals surface area (Å²) in [5, 5.41) is 24.9. The summed E-state index contributed by atoms with van der Waals surface area (Å²) < 4.78 is 0. The van der Waals surface area contributed by atoms with Crippen LogP contribution in [0.1, 0.15) is 33.1 Å². The van der Waals surface area contributed by atoms with Crippen molar-refractivity contribution in [2.75, 3.05) is 26.2 Å². The third kappa shape index (κ3) is 10.1. The van der Waals surface area contributed by atoms with Gasteiger partial charge in [0.15, 0.2) is 0 Å². The molecule has 0 bridgehead atoms. The molecule has 0 amide bonds. The van der Waals surface area contributed by atoms with Crippen molar-refractivity contribution in [3.63, 3.8) is 0 Å². The zero-order valence-electron chi connectivity index (χ0n) is 10.00. The lowest BCUT2D eigenvalue weighted by Gasteiger charge is -2.11. The second kappa shape index (κ2) is 10.4. The molecule has 4 N–H and O–H groups in total. The first kappa shape index (κ1) is 14.8. The molecule has 4 heteroatoms. The second-order valence-electron chi connectivity index (χ2n) is 3.89. The Balaban J connectivity index is 3.05. The summed E-state index contributed by atoms with van der Waals surface area (Å²) in [4.78, 5) is 0. The Morgan fingerprint density at radius 2 is 1.27 bits per heavy atom. The molecule has 0 spiro atoms. The molecule has 4 nitrogen and oxygen atoms in total. The lowest BCUT2D eigenvalue weighted by molar-refractivity contribution is 0.165. The van der Waals surface area contributed by atoms with Crippen LogP contribution < -0.4 is 10.6 Å². The fraction of sp³-hybridized carbons (Fsp3) is 1.00. The lowest BCUT2D eigenvalue weighted by Crippen LogP contribution is -2.31. The molecule has 0 aliphatic rings. The van der Waals surface area contributed by atoms with Crippen molar-refractivity contribution >= 4 is 0 Å². The van der Waals surface area contributed by atoms with E-state index >= 15 is 0 Å². The van der Waals surface area contributed by atoms with E-state index in [1.165, 1.54) is 0 Å². The molecule has 0 aromatic rings. The predicted molar refractivity (Wildman–Crippen MR) is 63.0 cm³/mol. The molecule has 0 aromatic carbocycles. The van der Waals surface area contributed by atoms with E-state index in [1.807, 2.05) is 13.8 Å². The van der Waals surface area contributed by atoms with E-state index in [0.717, 1.165) is 32.4 Å². The van der Waals surface area contributed by atoms with Gasteiger partial charge in [-0.25, -0.2) is 0 Å². The molecule has 0 heterocycles. The van der Waals surface area contributed by atoms with Gasteiger partial charge in [-0.2, -0.15) is 0 Å². The zero-order valence-corrected chi connectivity index (χ0v) is 10.00. The van der Waals surface area contributed by atoms with Gasteiger partial charge >= 0.3 is 0 Å².